The zero-order chi connectivity index (χ0) is 32.2. The molecule has 1 aromatic rings. The Kier molecular flexibility index (Phi) is 10.9. The number of fused-ring (bicyclic) bond motifs is 1. The quantitative estimate of drug-likeness (QED) is 0.224. The van der Waals surface area contributed by atoms with Gasteiger partial charge in [-0.1, -0.05) is 49.7 Å². The van der Waals surface area contributed by atoms with Crippen LogP contribution in [0.3, 0.4) is 0 Å². The fourth-order valence-electron chi connectivity index (χ4n) is 7.00. The van der Waals surface area contributed by atoms with Gasteiger partial charge < -0.3 is 29.7 Å². The number of hydrogen-bond acceptors (Lipinski definition) is 7. The molecule has 3 aliphatic heterocycles. The van der Waals surface area contributed by atoms with E-state index in [1.54, 1.807) is 43.3 Å². The Morgan fingerprint density at radius 2 is 1.98 bits per heavy atom. The Morgan fingerprint density at radius 3 is 2.61 bits per heavy atom. The van der Waals surface area contributed by atoms with Gasteiger partial charge in [0.15, 0.2) is 0 Å². The van der Waals surface area contributed by atoms with Crippen molar-refractivity contribution in [1.82, 2.24) is 10.2 Å². The fraction of sp³-hybridized carbons (Fsp3) is 0.576. The van der Waals surface area contributed by atoms with Crippen LogP contribution in [0.5, 0.6) is 0 Å². The lowest BCUT2D eigenvalue weighted by Crippen LogP contribution is -2.59. The van der Waals surface area contributed by atoms with E-state index in [1.807, 2.05) is 13.8 Å². The summed E-state index contributed by atoms with van der Waals surface area (Å²) in [4.78, 5) is 57.7. The van der Waals surface area contributed by atoms with Gasteiger partial charge in [0.2, 0.25) is 11.8 Å². The molecule has 0 aromatic heterocycles. The molecule has 240 valence electrons. The summed E-state index contributed by atoms with van der Waals surface area (Å²) < 4.78 is 12.3. The number of esters is 1. The molecule has 4 rings (SSSR count). The minimum Gasteiger partial charge on any atom is -0.460 e. The summed E-state index contributed by atoms with van der Waals surface area (Å²) in [6.45, 7) is 13.0. The summed E-state index contributed by atoms with van der Waals surface area (Å²) >= 11 is 6.53. The summed E-state index contributed by atoms with van der Waals surface area (Å²) in [6, 6.07) is 5.17. The van der Waals surface area contributed by atoms with Crippen LogP contribution in [-0.4, -0.2) is 83.3 Å². The van der Waals surface area contributed by atoms with Crippen molar-refractivity contribution in [2.24, 2.45) is 17.8 Å². The zero-order valence-electron chi connectivity index (χ0n) is 25.7. The van der Waals surface area contributed by atoms with E-state index in [4.69, 9.17) is 21.1 Å². The number of halogens is 1. The third-order valence-electron chi connectivity index (χ3n) is 8.79. The van der Waals surface area contributed by atoms with Gasteiger partial charge >= 0.3 is 5.97 Å². The van der Waals surface area contributed by atoms with Crippen LogP contribution in [0.4, 0.5) is 5.69 Å². The normalized spacial score (nSPS) is 26.7. The van der Waals surface area contributed by atoms with E-state index in [2.05, 4.69) is 18.5 Å². The number of likely N-dealkylation sites (tertiary alicyclic amines) is 1. The van der Waals surface area contributed by atoms with Crippen molar-refractivity contribution >= 4 is 41.0 Å². The molecule has 10 nitrogen and oxygen atoms in total. The predicted octanol–water partition coefficient (Wildman–Crippen LogP) is 3.65. The van der Waals surface area contributed by atoms with E-state index in [-0.39, 0.29) is 37.9 Å². The maximum absolute atomic E-state index is 14.7. The average molecular weight is 630 g/mol. The highest BCUT2D eigenvalue weighted by Gasteiger charge is 2.75. The van der Waals surface area contributed by atoms with E-state index < -0.39 is 59.5 Å². The highest BCUT2D eigenvalue weighted by atomic mass is 35.5. The van der Waals surface area contributed by atoms with Crippen LogP contribution >= 0.6 is 11.6 Å². The van der Waals surface area contributed by atoms with Gasteiger partial charge in [-0.2, -0.15) is 0 Å². The molecule has 0 saturated carbocycles. The number of aliphatic hydroxyl groups excluding tert-OH is 1. The molecule has 0 unspecified atom stereocenters. The Labute approximate surface area is 264 Å². The summed E-state index contributed by atoms with van der Waals surface area (Å²) in [5, 5.41) is 13.6. The molecule has 7 atom stereocenters. The standard InChI is InChI=1S/C33H44ClN3O7/c1-6-8-13-26(39)35-18-21(5)43-32(42)27-25-14-15-33(44-25)28(27)30(40)37(22(19-38)17-20(3)4)29(33)31(41)36(16-7-2)24-12-10-9-11-23(24)34/h6-7,9-12,20-22,25,27-29,38H,1-2,8,13-19H2,3-5H3,(H,35,39)/t21-,22-,25+,27-,28-,29+,33-/m1/s1. The molecule has 2 N–H and O–H groups in total. The van der Waals surface area contributed by atoms with E-state index in [1.165, 1.54) is 9.80 Å². The van der Waals surface area contributed by atoms with Gasteiger partial charge in [-0.05, 0) is 50.7 Å². The van der Waals surface area contributed by atoms with Gasteiger partial charge in [0, 0.05) is 13.0 Å². The molecule has 1 spiro atoms. The van der Waals surface area contributed by atoms with Gasteiger partial charge in [-0.15, -0.1) is 13.2 Å². The third kappa shape index (κ3) is 6.43. The predicted molar refractivity (Wildman–Crippen MR) is 167 cm³/mol. The molecular weight excluding hydrogens is 586 g/mol. The molecule has 3 fully saturated rings. The van der Waals surface area contributed by atoms with Gasteiger partial charge in [-0.3, -0.25) is 19.2 Å². The molecule has 3 saturated heterocycles. The highest BCUT2D eigenvalue weighted by molar-refractivity contribution is 6.34. The van der Waals surface area contributed by atoms with Gasteiger partial charge in [0.05, 0.1) is 47.8 Å². The molecule has 3 heterocycles. The number of amides is 3. The number of para-hydroxylation sites is 1. The van der Waals surface area contributed by atoms with Crippen molar-refractivity contribution in [1.29, 1.82) is 0 Å². The van der Waals surface area contributed by atoms with Crippen LogP contribution in [0.25, 0.3) is 0 Å². The SMILES string of the molecule is C=CCCC(=O)NC[C@@H](C)OC(=O)[C@@H]1[C@@H]2CC[C@]3(O2)[C@H](C(=O)N(CC=C)c2ccccc2Cl)N([C@@H](CO)CC(C)C)C(=O)[C@@H]13. The van der Waals surface area contributed by atoms with E-state index in [0.717, 1.165) is 0 Å². The maximum atomic E-state index is 14.7. The van der Waals surface area contributed by atoms with Crippen LogP contribution < -0.4 is 10.2 Å². The van der Waals surface area contributed by atoms with Crippen molar-refractivity contribution in [2.75, 3.05) is 24.6 Å². The molecule has 2 bridgehead atoms. The Hall–Kier alpha value is -3.21. The molecule has 11 heteroatoms. The first kappa shape index (κ1) is 33.7. The van der Waals surface area contributed by atoms with Crippen LogP contribution in [0.1, 0.15) is 52.9 Å². The molecular formula is C33H44ClN3O7. The largest absolute Gasteiger partial charge is 0.460 e. The molecule has 0 aliphatic carbocycles. The first-order chi connectivity index (χ1) is 21.0. The van der Waals surface area contributed by atoms with Crippen molar-refractivity contribution < 1.29 is 33.8 Å². The van der Waals surface area contributed by atoms with E-state index in [0.29, 0.717) is 36.4 Å². The molecule has 44 heavy (non-hydrogen) atoms. The first-order valence-electron chi connectivity index (χ1n) is 15.4. The van der Waals surface area contributed by atoms with Crippen molar-refractivity contribution in [2.45, 2.75) is 82.8 Å². The number of nitrogens with zero attached hydrogens (tertiary/aromatic N) is 2. The number of hydrogen-bond donors (Lipinski definition) is 2. The molecule has 1 aromatic carbocycles. The minimum absolute atomic E-state index is 0.113. The van der Waals surface area contributed by atoms with Gasteiger partial charge in [0.25, 0.3) is 5.91 Å². The summed E-state index contributed by atoms with van der Waals surface area (Å²) in [7, 11) is 0. The average Bonchev–Trinajstić information content (AvgIpc) is 3.64. The number of anilines is 1. The first-order valence-corrected chi connectivity index (χ1v) is 15.7. The van der Waals surface area contributed by atoms with Crippen LogP contribution in [0.2, 0.25) is 5.02 Å². The Balaban J connectivity index is 1.67. The zero-order valence-corrected chi connectivity index (χ0v) is 26.5. The lowest BCUT2D eigenvalue weighted by atomic mass is 9.70. The second-order valence-corrected chi connectivity index (χ2v) is 12.7. The number of carbonyl (C=O) groups excluding carboxylic acids is 4. The summed E-state index contributed by atoms with van der Waals surface area (Å²) in [5.74, 6) is -3.38. The van der Waals surface area contributed by atoms with E-state index in [9.17, 15) is 24.3 Å². The summed E-state index contributed by atoms with van der Waals surface area (Å²) in [6.07, 6.45) is 4.12. The topological polar surface area (TPSA) is 125 Å². The minimum atomic E-state index is -1.28. The smallest absolute Gasteiger partial charge is 0.312 e. The van der Waals surface area contributed by atoms with Crippen LogP contribution in [-0.2, 0) is 28.7 Å². The van der Waals surface area contributed by atoms with Crippen molar-refractivity contribution in [3.8, 4) is 0 Å². The van der Waals surface area contributed by atoms with Crippen molar-refractivity contribution in [3.63, 3.8) is 0 Å². The Bertz CT molecular complexity index is 1270. The number of rotatable bonds is 15. The second kappa shape index (κ2) is 14.3. The number of nitrogens with one attached hydrogen (secondary N) is 1. The van der Waals surface area contributed by atoms with Crippen molar-refractivity contribution in [3.05, 3.63) is 54.6 Å². The Morgan fingerprint density at radius 1 is 1.25 bits per heavy atom. The molecule has 0 radical (unpaired) electrons. The number of ether oxygens (including phenoxy) is 2. The number of aliphatic hydroxyl groups is 1. The van der Waals surface area contributed by atoms with Crippen LogP contribution in [0, 0.1) is 17.8 Å². The highest BCUT2D eigenvalue weighted by Crippen LogP contribution is 2.59. The van der Waals surface area contributed by atoms with Gasteiger partial charge in [-0.25, -0.2) is 0 Å². The lowest BCUT2D eigenvalue weighted by Gasteiger charge is -2.39. The molecule has 3 amide bonds. The lowest BCUT2D eigenvalue weighted by molar-refractivity contribution is -0.159. The third-order valence-corrected chi connectivity index (χ3v) is 9.11. The summed E-state index contributed by atoms with van der Waals surface area (Å²) in [5.41, 5.74) is -0.821. The van der Waals surface area contributed by atoms with Gasteiger partial charge in [0.1, 0.15) is 17.7 Å². The van der Waals surface area contributed by atoms with E-state index >= 15 is 0 Å². The number of benzene rings is 1. The number of carbonyl (C=O) groups is 4. The van der Waals surface area contributed by atoms with Crippen LogP contribution in [0.15, 0.2) is 49.6 Å². The monoisotopic (exact) mass is 629 g/mol. The molecule has 3 aliphatic rings. The number of allylic oxidation sites excluding steroid dienone is 1. The fourth-order valence-corrected chi connectivity index (χ4v) is 7.24. The second-order valence-electron chi connectivity index (χ2n) is 12.3. The maximum Gasteiger partial charge on any atom is 0.312 e.